The van der Waals surface area contributed by atoms with Crippen LogP contribution >= 0.6 is 0 Å². The maximum atomic E-state index is 11.9. The molecular formula is C18H25N3O4. The van der Waals surface area contributed by atoms with Crippen LogP contribution in [0.5, 0.6) is 5.88 Å². The van der Waals surface area contributed by atoms with Crippen molar-refractivity contribution in [3.8, 4) is 5.88 Å². The second-order valence-corrected chi connectivity index (χ2v) is 6.63. The highest BCUT2D eigenvalue weighted by atomic mass is 16.5. The molecule has 136 valence electrons. The number of hydrogen-bond acceptors (Lipinski definition) is 5. The summed E-state index contributed by atoms with van der Waals surface area (Å²) >= 11 is 0. The SMILES string of the molecule is COCC(=O)N1CCC(Oc2ccc(NC(=O)C3CCC3)cn2)CC1. The van der Waals surface area contributed by atoms with Gasteiger partial charge in [0.2, 0.25) is 17.7 Å². The zero-order valence-electron chi connectivity index (χ0n) is 14.6. The molecule has 1 saturated carbocycles. The first-order chi connectivity index (χ1) is 12.2. The smallest absolute Gasteiger partial charge is 0.248 e. The van der Waals surface area contributed by atoms with Crippen molar-refractivity contribution >= 4 is 17.5 Å². The molecule has 7 heteroatoms. The van der Waals surface area contributed by atoms with E-state index in [0.717, 1.165) is 32.1 Å². The van der Waals surface area contributed by atoms with Crippen molar-refractivity contribution in [1.29, 1.82) is 0 Å². The number of anilines is 1. The monoisotopic (exact) mass is 347 g/mol. The molecule has 0 radical (unpaired) electrons. The first kappa shape index (κ1) is 17.7. The number of likely N-dealkylation sites (tertiary alicyclic amines) is 1. The maximum Gasteiger partial charge on any atom is 0.248 e. The second kappa shape index (κ2) is 8.29. The Labute approximate surface area is 147 Å². The molecule has 1 N–H and O–H groups in total. The average molecular weight is 347 g/mol. The fraction of sp³-hybridized carbons (Fsp3) is 0.611. The lowest BCUT2D eigenvalue weighted by molar-refractivity contribution is -0.137. The zero-order chi connectivity index (χ0) is 17.6. The molecule has 2 aliphatic rings. The van der Waals surface area contributed by atoms with Gasteiger partial charge in [-0.3, -0.25) is 9.59 Å². The molecule has 2 heterocycles. The van der Waals surface area contributed by atoms with Gasteiger partial charge in [0.25, 0.3) is 0 Å². The van der Waals surface area contributed by atoms with Crippen LogP contribution in [-0.4, -0.2) is 54.6 Å². The van der Waals surface area contributed by atoms with E-state index in [2.05, 4.69) is 10.3 Å². The Balaban J connectivity index is 1.44. The normalized spacial score (nSPS) is 18.5. The highest BCUT2D eigenvalue weighted by Crippen LogP contribution is 2.27. The van der Waals surface area contributed by atoms with Crippen molar-refractivity contribution in [2.75, 3.05) is 32.1 Å². The van der Waals surface area contributed by atoms with Crippen molar-refractivity contribution in [3.05, 3.63) is 18.3 Å². The number of ether oxygens (including phenoxy) is 2. The summed E-state index contributed by atoms with van der Waals surface area (Å²) in [5, 5.41) is 2.89. The molecular weight excluding hydrogens is 322 g/mol. The van der Waals surface area contributed by atoms with Gasteiger partial charge in [0.15, 0.2) is 0 Å². The average Bonchev–Trinajstić information content (AvgIpc) is 2.56. The lowest BCUT2D eigenvalue weighted by Gasteiger charge is -2.31. The molecule has 0 atom stereocenters. The van der Waals surface area contributed by atoms with Crippen LogP contribution < -0.4 is 10.1 Å². The minimum absolute atomic E-state index is 0.0191. The van der Waals surface area contributed by atoms with Gasteiger partial charge in [-0.25, -0.2) is 4.98 Å². The number of carbonyl (C=O) groups excluding carboxylic acids is 2. The van der Waals surface area contributed by atoms with Crippen molar-refractivity contribution in [2.45, 2.75) is 38.2 Å². The highest BCUT2D eigenvalue weighted by molar-refractivity contribution is 5.92. The van der Waals surface area contributed by atoms with Crippen LogP contribution in [0.1, 0.15) is 32.1 Å². The van der Waals surface area contributed by atoms with E-state index in [9.17, 15) is 9.59 Å². The summed E-state index contributed by atoms with van der Waals surface area (Å²) in [5.41, 5.74) is 0.698. The van der Waals surface area contributed by atoms with Gasteiger partial charge in [-0.2, -0.15) is 0 Å². The summed E-state index contributed by atoms with van der Waals surface area (Å²) in [6, 6.07) is 3.59. The largest absolute Gasteiger partial charge is 0.474 e. The molecule has 0 bridgehead atoms. The highest BCUT2D eigenvalue weighted by Gasteiger charge is 2.26. The standard InChI is InChI=1S/C18H25N3O4/c1-24-12-17(22)21-9-7-15(8-10-21)25-16-6-5-14(11-19-16)20-18(23)13-3-2-4-13/h5-6,11,13,15H,2-4,7-10,12H2,1H3,(H,20,23). The van der Waals surface area contributed by atoms with E-state index in [1.165, 1.54) is 7.11 Å². The van der Waals surface area contributed by atoms with Crippen LogP contribution in [0.25, 0.3) is 0 Å². The third kappa shape index (κ3) is 4.69. The van der Waals surface area contributed by atoms with E-state index in [1.54, 1.807) is 17.2 Å². The van der Waals surface area contributed by atoms with Gasteiger partial charge in [0, 0.05) is 45.0 Å². The van der Waals surface area contributed by atoms with E-state index in [1.807, 2.05) is 6.07 Å². The zero-order valence-corrected chi connectivity index (χ0v) is 14.6. The Kier molecular flexibility index (Phi) is 5.86. The first-order valence-corrected chi connectivity index (χ1v) is 8.86. The molecule has 1 aliphatic carbocycles. The van der Waals surface area contributed by atoms with Crippen LogP contribution in [0, 0.1) is 5.92 Å². The van der Waals surface area contributed by atoms with Gasteiger partial charge in [0.05, 0.1) is 11.9 Å². The summed E-state index contributed by atoms with van der Waals surface area (Å²) in [4.78, 5) is 29.8. The van der Waals surface area contributed by atoms with Gasteiger partial charge in [-0.1, -0.05) is 6.42 Å². The Hall–Kier alpha value is -2.15. The number of carbonyl (C=O) groups is 2. The molecule has 2 amide bonds. The van der Waals surface area contributed by atoms with Gasteiger partial charge >= 0.3 is 0 Å². The van der Waals surface area contributed by atoms with Crippen LogP contribution in [0.2, 0.25) is 0 Å². The lowest BCUT2D eigenvalue weighted by atomic mass is 9.85. The Morgan fingerprint density at radius 1 is 1.24 bits per heavy atom. The van der Waals surface area contributed by atoms with Crippen LogP contribution in [0.15, 0.2) is 18.3 Å². The predicted octanol–water partition coefficient (Wildman–Crippen LogP) is 1.84. The predicted molar refractivity (Wildman–Crippen MR) is 92.3 cm³/mol. The summed E-state index contributed by atoms with van der Waals surface area (Å²) in [5.74, 6) is 0.797. The number of hydrogen-bond donors (Lipinski definition) is 1. The maximum absolute atomic E-state index is 11.9. The molecule has 25 heavy (non-hydrogen) atoms. The van der Waals surface area contributed by atoms with Crippen LogP contribution in [-0.2, 0) is 14.3 Å². The van der Waals surface area contributed by atoms with Crippen molar-refractivity contribution < 1.29 is 19.1 Å². The van der Waals surface area contributed by atoms with Gasteiger partial charge in [-0.15, -0.1) is 0 Å². The molecule has 7 nitrogen and oxygen atoms in total. The minimum Gasteiger partial charge on any atom is -0.474 e. The van der Waals surface area contributed by atoms with E-state index in [0.29, 0.717) is 24.7 Å². The summed E-state index contributed by atoms with van der Waals surface area (Å²) in [6.45, 7) is 1.46. The fourth-order valence-corrected chi connectivity index (χ4v) is 3.05. The van der Waals surface area contributed by atoms with Gasteiger partial charge in [0.1, 0.15) is 12.7 Å². The third-order valence-corrected chi connectivity index (χ3v) is 4.83. The summed E-state index contributed by atoms with van der Waals surface area (Å²) in [6.07, 6.45) is 6.32. The van der Waals surface area contributed by atoms with E-state index >= 15 is 0 Å². The number of amides is 2. The molecule has 0 aromatic carbocycles. The van der Waals surface area contributed by atoms with Crippen molar-refractivity contribution in [1.82, 2.24) is 9.88 Å². The van der Waals surface area contributed by atoms with E-state index < -0.39 is 0 Å². The number of nitrogens with one attached hydrogen (secondary N) is 1. The quantitative estimate of drug-likeness (QED) is 0.849. The molecule has 3 rings (SSSR count). The Bertz CT molecular complexity index is 593. The van der Waals surface area contributed by atoms with E-state index in [4.69, 9.17) is 9.47 Å². The Morgan fingerprint density at radius 3 is 2.56 bits per heavy atom. The number of methoxy groups -OCH3 is 1. The lowest BCUT2D eigenvalue weighted by Crippen LogP contribution is -2.43. The van der Waals surface area contributed by atoms with Crippen LogP contribution in [0.4, 0.5) is 5.69 Å². The van der Waals surface area contributed by atoms with Gasteiger partial charge in [-0.05, 0) is 18.9 Å². The molecule has 2 fully saturated rings. The first-order valence-electron chi connectivity index (χ1n) is 8.86. The molecule has 0 unspecified atom stereocenters. The number of nitrogens with zero attached hydrogens (tertiary/aromatic N) is 2. The Morgan fingerprint density at radius 2 is 2.00 bits per heavy atom. The summed E-state index contributed by atoms with van der Waals surface area (Å²) in [7, 11) is 1.53. The fourth-order valence-electron chi connectivity index (χ4n) is 3.05. The molecule has 1 aromatic rings. The topological polar surface area (TPSA) is 80.8 Å². The summed E-state index contributed by atoms with van der Waals surface area (Å²) < 4.78 is 10.8. The number of aromatic nitrogens is 1. The number of pyridine rings is 1. The second-order valence-electron chi connectivity index (χ2n) is 6.63. The molecule has 0 spiro atoms. The van der Waals surface area contributed by atoms with Gasteiger partial charge < -0.3 is 19.7 Å². The molecule has 1 aromatic heterocycles. The van der Waals surface area contributed by atoms with E-state index in [-0.39, 0.29) is 30.4 Å². The van der Waals surface area contributed by atoms with Crippen molar-refractivity contribution in [2.24, 2.45) is 5.92 Å². The molecule has 1 saturated heterocycles. The third-order valence-electron chi connectivity index (χ3n) is 4.83. The number of piperidine rings is 1. The minimum atomic E-state index is 0.0191. The molecule has 1 aliphatic heterocycles. The van der Waals surface area contributed by atoms with Crippen molar-refractivity contribution in [3.63, 3.8) is 0 Å². The van der Waals surface area contributed by atoms with Crippen LogP contribution in [0.3, 0.4) is 0 Å². The number of rotatable bonds is 6.